The third-order valence-electron chi connectivity index (χ3n) is 2.09. The fraction of sp³-hybridized carbons (Fsp3) is 1.00. The van der Waals surface area contributed by atoms with Crippen LogP contribution in [0.5, 0.6) is 0 Å². The molecule has 118 valence electrons. The van der Waals surface area contributed by atoms with E-state index in [0.717, 1.165) is 25.6 Å². The summed E-state index contributed by atoms with van der Waals surface area (Å²) in [4.78, 5) is 34.3. The molecule has 0 spiro atoms. The summed E-state index contributed by atoms with van der Waals surface area (Å²) in [5.41, 5.74) is 5.35. The summed E-state index contributed by atoms with van der Waals surface area (Å²) in [5, 5.41) is 3.21. The van der Waals surface area contributed by atoms with E-state index in [1.165, 1.54) is 0 Å². The Labute approximate surface area is 141 Å². The van der Waals surface area contributed by atoms with E-state index in [1.54, 1.807) is 21.3 Å². The summed E-state index contributed by atoms with van der Waals surface area (Å²) >= 11 is 0. The third-order valence-corrected chi connectivity index (χ3v) is 4.92. The molecule has 0 aliphatic carbocycles. The van der Waals surface area contributed by atoms with Crippen LogP contribution in [0.15, 0.2) is 0 Å². The van der Waals surface area contributed by atoms with Gasteiger partial charge in [0.25, 0.3) is 0 Å². The zero-order valence-electron chi connectivity index (χ0n) is 12.0. The molecule has 0 fully saturated rings. The Morgan fingerprint density at radius 3 is 1.65 bits per heavy atom. The van der Waals surface area contributed by atoms with Crippen molar-refractivity contribution in [3.63, 3.8) is 0 Å². The molecule has 0 bridgehead atoms. The van der Waals surface area contributed by atoms with Crippen molar-refractivity contribution in [1.82, 2.24) is 5.32 Å². The van der Waals surface area contributed by atoms with E-state index >= 15 is 0 Å². The summed E-state index contributed by atoms with van der Waals surface area (Å²) in [6.45, 7) is 2.44. The Morgan fingerprint density at radius 1 is 0.950 bits per heavy atom. The summed E-state index contributed by atoms with van der Waals surface area (Å²) < 4.78 is 15.9. The summed E-state index contributed by atoms with van der Waals surface area (Å²) in [5.74, 6) is 0. The van der Waals surface area contributed by atoms with Crippen LogP contribution in [0.2, 0.25) is 6.04 Å². The van der Waals surface area contributed by atoms with Crippen LogP contribution in [0.25, 0.3) is 0 Å². The molecule has 20 heavy (non-hydrogen) atoms. The molecular weight excluding hydrogens is 383 g/mol. The fourth-order valence-corrected chi connectivity index (χ4v) is 2.94. The molecule has 9 nitrogen and oxygen atoms in total. The fourth-order valence-electron chi connectivity index (χ4n) is 1.21. The van der Waals surface area contributed by atoms with Gasteiger partial charge in [0.15, 0.2) is 0 Å². The molecule has 0 unspecified atom stereocenters. The van der Waals surface area contributed by atoms with Gasteiger partial charge in [0.1, 0.15) is 0 Å². The van der Waals surface area contributed by atoms with Gasteiger partial charge < -0.3 is 52.6 Å². The number of hydrogen-bond donors (Lipinski definition) is 2. The largest absolute Gasteiger partial charge is 4.00 e. The predicted molar refractivity (Wildman–Crippen MR) is 63.9 cm³/mol. The summed E-state index contributed by atoms with van der Waals surface area (Å²) in [7, 11) is -3.07. The molecule has 0 rings (SSSR count). The van der Waals surface area contributed by atoms with Gasteiger partial charge in [0, 0.05) is 40.5 Å². The molecule has 0 aliphatic heterocycles. The van der Waals surface area contributed by atoms with E-state index in [4.69, 9.17) is 38.2 Å². The van der Waals surface area contributed by atoms with Gasteiger partial charge in [-0.1, -0.05) is 0 Å². The van der Waals surface area contributed by atoms with Gasteiger partial charge in [-0.05, 0) is 13.0 Å². The van der Waals surface area contributed by atoms with E-state index in [2.05, 4.69) is 5.32 Å². The second kappa shape index (κ2) is 14.9. The van der Waals surface area contributed by atoms with Crippen LogP contribution < -0.4 is 30.2 Å². The Morgan fingerprint density at radius 2 is 1.35 bits per heavy atom. The van der Waals surface area contributed by atoms with Crippen LogP contribution in [0, 0.1) is 0 Å². The van der Waals surface area contributed by atoms with Crippen molar-refractivity contribution in [2.24, 2.45) is 5.73 Å². The van der Waals surface area contributed by atoms with E-state index in [0.29, 0.717) is 6.54 Å². The Hall–Kier alpha value is 0.957. The first-order valence-electron chi connectivity index (χ1n) is 5.62. The van der Waals surface area contributed by atoms with E-state index < -0.39 is 17.9 Å². The minimum absolute atomic E-state index is 0. The summed E-state index contributed by atoms with van der Waals surface area (Å²) in [6, 6.07) is 0.827. The average Bonchev–Trinajstić information content (AvgIpc) is 2.33. The smallest absolute Gasteiger partial charge is 0.894 e. The van der Waals surface area contributed by atoms with Crippen LogP contribution in [0.3, 0.4) is 0 Å². The van der Waals surface area contributed by atoms with Crippen molar-refractivity contribution in [1.29, 1.82) is 0 Å². The molecular formula is C8H22N2O7Si2Zr. The van der Waals surface area contributed by atoms with Crippen LogP contribution >= 0.6 is 0 Å². The molecule has 0 aliphatic rings. The number of nitrogens with one attached hydrogen (secondary N) is 1. The zero-order chi connectivity index (χ0) is 15.4. The molecule has 0 amide bonds. The molecule has 0 aromatic carbocycles. The second-order valence-electron chi connectivity index (χ2n) is 3.44. The van der Waals surface area contributed by atoms with Gasteiger partial charge >= 0.3 is 35.0 Å². The molecule has 0 aromatic heterocycles. The van der Waals surface area contributed by atoms with Gasteiger partial charge in [-0.3, -0.25) is 0 Å². The first-order valence-corrected chi connectivity index (χ1v) is 9.19. The normalized spacial score (nSPS) is 11.4. The molecule has 0 radical (unpaired) electrons. The van der Waals surface area contributed by atoms with E-state index in [1.807, 2.05) is 0 Å². The second-order valence-corrected chi connectivity index (χ2v) is 7.53. The number of hydrogen-bond acceptors (Lipinski definition) is 9. The van der Waals surface area contributed by atoms with Crippen LogP contribution in [-0.4, -0.2) is 58.8 Å². The molecule has 0 aromatic rings. The van der Waals surface area contributed by atoms with Gasteiger partial charge in [0.2, 0.25) is 0 Å². The van der Waals surface area contributed by atoms with Crippen molar-refractivity contribution in [3.05, 3.63) is 0 Å². The molecule has 3 N–H and O–H groups in total. The number of nitrogens with two attached hydrogens (primary N) is 1. The van der Waals surface area contributed by atoms with E-state index in [-0.39, 0.29) is 26.2 Å². The van der Waals surface area contributed by atoms with E-state index in [9.17, 15) is 0 Å². The Bertz CT molecular complexity index is 193. The molecule has 0 saturated carbocycles. The Kier molecular flexibility index (Phi) is 19.3. The maximum absolute atomic E-state index is 8.58. The molecule has 12 heteroatoms. The van der Waals surface area contributed by atoms with Gasteiger partial charge in [-0.2, -0.15) is 0 Å². The average molecular weight is 406 g/mol. The molecule has 0 atom stereocenters. The first kappa shape index (κ1) is 25.9. The predicted octanol–water partition coefficient (Wildman–Crippen LogP) is -5.34. The van der Waals surface area contributed by atoms with Gasteiger partial charge in [0.05, 0.1) is 0 Å². The quantitative estimate of drug-likeness (QED) is 0.282. The van der Waals surface area contributed by atoms with Crippen LogP contribution in [0.4, 0.5) is 0 Å². The molecule has 0 saturated heterocycles. The first-order chi connectivity index (χ1) is 8.74. The molecule has 0 heterocycles. The monoisotopic (exact) mass is 404 g/mol. The van der Waals surface area contributed by atoms with Crippen LogP contribution in [0.1, 0.15) is 6.42 Å². The standard InChI is InChI=1S/C8H22N2O3Si.O4Si.Zr/c1-11-14(12-2,13-3)8-4-6-10-7-5-9;1-5(2,3)4;/h10H,4-9H2,1-3H3;;/q;-4;+4. The minimum atomic E-state index is -5.61. The van der Waals surface area contributed by atoms with Gasteiger partial charge in [-0.25, -0.2) is 0 Å². The topological polar surface area (TPSA) is 158 Å². The Balaban J connectivity index is -0.000000414. The van der Waals surface area contributed by atoms with Gasteiger partial charge in [-0.15, -0.1) is 0 Å². The third kappa shape index (κ3) is 19.0. The van der Waals surface area contributed by atoms with Crippen molar-refractivity contribution in [2.75, 3.05) is 41.0 Å². The maximum Gasteiger partial charge on any atom is 4.00 e. The SMILES string of the molecule is CO[Si](CCCNCCN)(OC)OC.[O-][Si]([O-])([O-])[O-].[Zr+4]. The van der Waals surface area contributed by atoms with Crippen molar-refractivity contribution >= 4 is 17.9 Å². The van der Waals surface area contributed by atoms with Crippen molar-refractivity contribution < 1.29 is 58.7 Å². The zero-order valence-corrected chi connectivity index (χ0v) is 16.4. The minimum Gasteiger partial charge on any atom is -0.894 e. The maximum atomic E-state index is 8.58. The number of rotatable bonds is 9. The summed E-state index contributed by atoms with van der Waals surface area (Å²) in [6.07, 6.45) is 0.974. The van der Waals surface area contributed by atoms with Crippen molar-refractivity contribution in [2.45, 2.75) is 12.5 Å². The van der Waals surface area contributed by atoms with Crippen molar-refractivity contribution in [3.8, 4) is 0 Å². The van der Waals surface area contributed by atoms with Crippen LogP contribution in [-0.2, 0) is 39.5 Å².